The smallest absolute Gasteiger partial charge is 0.328 e. The first kappa shape index (κ1) is 22.8. The quantitative estimate of drug-likeness (QED) is 0.295. The van der Waals surface area contributed by atoms with Crippen molar-refractivity contribution in [3.05, 3.63) is 92.6 Å². The minimum Gasteiger partial charge on any atom is -0.478 e. The summed E-state index contributed by atoms with van der Waals surface area (Å²) in [6, 6.07) is 17.5. The molecule has 2 N–H and O–H groups in total. The molecule has 1 saturated carbocycles. The van der Waals surface area contributed by atoms with Crippen molar-refractivity contribution in [2.24, 2.45) is 5.92 Å². The lowest BCUT2D eigenvalue weighted by atomic mass is 9.74. The van der Waals surface area contributed by atoms with Gasteiger partial charge in [0.05, 0.1) is 10.9 Å². The van der Waals surface area contributed by atoms with Crippen LogP contribution in [-0.2, 0) is 4.79 Å². The molecule has 0 saturated heterocycles. The lowest BCUT2D eigenvalue weighted by molar-refractivity contribution is -0.131. The number of carboxylic acids is 1. The molecule has 4 aromatic rings. The second kappa shape index (κ2) is 9.32. The molecular weight excluding hydrogens is 461 g/mol. The number of aromatic nitrogens is 2. The number of benzene rings is 2. The van der Waals surface area contributed by atoms with E-state index in [0.717, 1.165) is 58.0 Å². The standard InChI is InChI=1S/C28H22FN3O2S/c1-16-13-21(15-30)35-27(16)26(18-3-2-4-18)25(19-8-5-17(6-9-19)7-12-24(33)34)20-10-11-23-22(14-20)28(29)32-31-23/h5-14,18H,2-4H2,1H3,(H,31,32)(H,33,34)/b12-7+,26-25+. The number of nitrogens with zero attached hydrogens (tertiary/aromatic N) is 2. The molecule has 1 fully saturated rings. The number of rotatable bonds is 6. The Balaban J connectivity index is 1.76. The van der Waals surface area contributed by atoms with Gasteiger partial charge in [-0.3, -0.25) is 5.10 Å². The first-order valence-electron chi connectivity index (χ1n) is 11.3. The zero-order valence-corrected chi connectivity index (χ0v) is 19.8. The monoisotopic (exact) mass is 483 g/mol. The van der Waals surface area contributed by atoms with E-state index in [-0.39, 0.29) is 0 Å². The summed E-state index contributed by atoms with van der Waals surface area (Å²) in [6.07, 6.45) is 5.92. The summed E-state index contributed by atoms with van der Waals surface area (Å²) in [7, 11) is 0. The molecule has 5 rings (SSSR count). The minimum atomic E-state index is -1.00. The fourth-order valence-corrected chi connectivity index (χ4v) is 5.64. The molecule has 7 heteroatoms. The topological polar surface area (TPSA) is 89.8 Å². The Hall–Kier alpha value is -4.02. The number of halogens is 1. The summed E-state index contributed by atoms with van der Waals surface area (Å²) in [5, 5.41) is 25.3. The Kier molecular flexibility index (Phi) is 6.06. The van der Waals surface area contributed by atoms with E-state index in [9.17, 15) is 14.4 Å². The van der Waals surface area contributed by atoms with Crippen molar-refractivity contribution in [3.8, 4) is 6.07 Å². The van der Waals surface area contributed by atoms with E-state index in [2.05, 4.69) is 16.3 Å². The molecule has 2 aromatic heterocycles. The fourth-order valence-electron chi connectivity index (χ4n) is 4.55. The zero-order chi connectivity index (χ0) is 24.5. The fraction of sp³-hybridized carbons (Fsp3) is 0.179. The first-order chi connectivity index (χ1) is 16.9. The number of H-pyrrole nitrogens is 1. The van der Waals surface area contributed by atoms with Gasteiger partial charge in [0.2, 0.25) is 5.95 Å². The van der Waals surface area contributed by atoms with Crippen LogP contribution in [0.1, 0.15) is 51.3 Å². The summed E-state index contributed by atoms with van der Waals surface area (Å²) in [5.74, 6) is -1.14. The number of aliphatic carboxylic acids is 1. The molecule has 2 heterocycles. The predicted octanol–water partition coefficient (Wildman–Crippen LogP) is 6.80. The highest BCUT2D eigenvalue weighted by Gasteiger charge is 2.29. The molecule has 5 nitrogen and oxygen atoms in total. The molecule has 2 aromatic carbocycles. The number of allylic oxidation sites excluding steroid dienone is 1. The molecule has 0 amide bonds. The largest absolute Gasteiger partial charge is 0.478 e. The van der Waals surface area contributed by atoms with E-state index in [1.165, 1.54) is 16.9 Å². The van der Waals surface area contributed by atoms with Gasteiger partial charge in [0.1, 0.15) is 10.9 Å². The minimum absolute atomic E-state index is 0.338. The van der Waals surface area contributed by atoms with Gasteiger partial charge in [-0.15, -0.1) is 11.3 Å². The molecule has 0 atom stereocenters. The van der Waals surface area contributed by atoms with Crippen molar-refractivity contribution < 1.29 is 14.3 Å². The van der Waals surface area contributed by atoms with E-state index < -0.39 is 11.9 Å². The highest BCUT2D eigenvalue weighted by Crippen LogP contribution is 2.48. The molecule has 0 aliphatic heterocycles. The molecule has 0 unspecified atom stereocenters. The van der Waals surface area contributed by atoms with Crippen LogP contribution in [-0.4, -0.2) is 21.3 Å². The van der Waals surface area contributed by atoms with Crippen LogP contribution in [0.2, 0.25) is 0 Å². The van der Waals surface area contributed by atoms with Crippen LogP contribution in [0.3, 0.4) is 0 Å². The number of aromatic amines is 1. The molecule has 1 aliphatic rings. The second-order valence-electron chi connectivity index (χ2n) is 8.71. The lowest BCUT2D eigenvalue weighted by Gasteiger charge is -2.31. The maximum absolute atomic E-state index is 14.4. The van der Waals surface area contributed by atoms with Crippen molar-refractivity contribution >= 4 is 45.4 Å². The normalized spacial score (nSPS) is 14.7. The van der Waals surface area contributed by atoms with E-state index in [1.807, 2.05) is 55.5 Å². The van der Waals surface area contributed by atoms with E-state index in [4.69, 9.17) is 5.11 Å². The number of thiophene rings is 1. The lowest BCUT2D eigenvalue weighted by Crippen LogP contribution is -2.15. The number of nitrogens with one attached hydrogen (secondary N) is 1. The molecular formula is C28H22FN3O2S. The first-order valence-corrected chi connectivity index (χ1v) is 12.2. The Labute approximate surface area is 205 Å². The van der Waals surface area contributed by atoms with Crippen LogP contribution in [0.25, 0.3) is 28.1 Å². The Morgan fingerprint density at radius 2 is 1.94 bits per heavy atom. The summed E-state index contributed by atoms with van der Waals surface area (Å²) in [6.45, 7) is 2.03. The number of hydrogen-bond donors (Lipinski definition) is 2. The molecule has 35 heavy (non-hydrogen) atoms. The van der Waals surface area contributed by atoms with E-state index in [1.54, 1.807) is 6.08 Å². The third-order valence-electron chi connectivity index (χ3n) is 6.47. The number of fused-ring (bicyclic) bond motifs is 1. The molecule has 174 valence electrons. The average molecular weight is 484 g/mol. The zero-order valence-electron chi connectivity index (χ0n) is 19.0. The van der Waals surface area contributed by atoms with Gasteiger partial charge in [-0.25, -0.2) is 4.79 Å². The molecule has 0 spiro atoms. The maximum Gasteiger partial charge on any atom is 0.328 e. The molecule has 0 radical (unpaired) electrons. The predicted molar refractivity (Wildman–Crippen MR) is 136 cm³/mol. The van der Waals surface area contributed by atoms with Crippen molar-refractivity contribution in [2.45, 2.75) is 26.2 Å². The number of hydrogen-bond acceptors (Lipinski definition) is 4. The van der Waals surface area contributed by atoms with E-state index >= 15 is 0 Å². The highest BCUT2D eigenvalue weighted by atomic mass is 32.1. The van der Waals surface area contributed by atoms with E-state index in [0.29, 0.717) is 21.7 Å². The van der Waals surface area contributed by atoms with Crippen LogP contribution in [0.5, 0.6) is 0 Å². The van der Waals surface area contributed by atoms with Crippen molar-refractivity contribution in [1.82, 2.24) is 10.2 Å². The number of carboxylic acid groups (broad SMARTS) is 1. The van der Waals surface area contributed by atoms with Gasteiger partial charge in [-0.05, 0) is 83.4 Å². The SMILES string of the molecule is Cc1cc(C#N)sc1/C(=C(\c1ccc(/C=C/C(=O)O)cc1)c1ccc2n[nH]c(F)c2c1)C1CCC1. The number of nitriles is 1. The summed E-state index contributed by atoms with van der Waals surface area (Å²) in [4.78, 5) is 12.7. The van der Waals surface area contributed by atoms with Gasteiger partial charge in [-0.2, -0.15) is 14.8 Å². The van der Waals surface area contributed by atoms with Crippen LogP contribution in [0.4, 0.5) is 4.39 Å². The van der Waals surface area contributed by atoms with Crippen LogP contribution in [0, 0.1) is 30.1 Å². The third kappa shape index (κ3) is 4.41. The van der Waals surface area contributed by atoms with Gasteiger partial charge in [0.15, 0.2) is 0 Å². The second-order valence-corrected chi connectivity index (χ2v) is 9.77. The van der Waals surface area contributed by atoms with Crippen LogP contribution >= 0.6 is 11.3 Å². The van der Waals surface area contributed by atoms with Gasteiger partial charge < -0.3 is 5.11 Å². The van der Waals surface area contributed by atoms with Gasteiger partial charge in [0.25, 0.3) is 0 Å². The maximum atomic E-state index is 14.4. The van der Waals surface area contributed by atoms with Gasteiger partial charge in [-0.1, -0.05) is 36.8 Å². The Morgan fingerprint density at radius 3 is 2.57 bits per heavy atom. The van der Waals surface area contributed by atoms with Crippen molar-refractivity contribution in [3.63, 3.8) is 0 Å². The van der Waals surface area contributed by atoms with Crippen LogP contribution in [0.15, 0.2) is 54.6 Å². The average Bonchev–Trinajstić information content (AvgIpc) is 3.38. The third-order valence-corrected chi connectivity index (χ3v) is 7.64. The number of carbonyl (C=O) groups is 1. The summed E-state index contributed by atoms with van der Waals surface area (Å²) < 4.78 is 14.4. The molecule has 1 aliphatic carbocycles. The Bertz CT molecular complexity index is 1530. The Morgan fingerprint density at radius 1 is 1.20 bits per heavy atom. The summed E-state index contributed by atoms with van der Waals surface area (Å²) >= 11 is 1.50. The van der Waals surface area contributed by atoms with Crippen LogP contribution < -0.4 is 0 Å². The van der Waals surface area contributed by atoms with Gasteiger partial charge >= 0.3 is 5.97 Å². The van der Waals surface area contributed by atoms with Gasteiger partial charge in [0, 0.05) is 11.0 Å². The molecule has 0 bridgehead atoms. The van der Waals surface area contributed by atoms with Crippen molar-refractivity contribution in [1.29, 1.82) is 5.26 Å². The van der Waals surface area contributed by atoms with Crippen molar-refractivity contribution in [2.75, 3.05) is 0 Å². The number of aryl methyl sites for hydroxylation is 1. The summed E-state index contributed by atoms with van der Waals surface area (Å²) in [5.41, 5.74) is 6.40. The highest BCUT2D eigenvalue weighted by molar-refractivity contribution is 7.13.